The molecule has 7 nitrogen and oxygen atoms in total. The summed E-state index contributed by atoms with van der Waals surface area (Å²) in [6.45, 7) is 0. The molecule has 3 N–H and O–H groups in total. The topological polar surface area (TPSA) is 120 Å². The molecule has 0 saturated heterocycles. The van der Waals surface area contributed by atoms with E-state index < -0.39 is 27.3 Å². The van der Waals surface area contributed by atoms with Gasteiger partial charge in [-0.1, -0.05) is 18.2 Å². The first-order valence-electron chi connectivity index (χ1n) is 8.69. The largest absolute Gasteiger partial charge is 0.480 e. The molecule has 1 aromatic heterocycles. The molecule has 8 heteroatoms. The van der Waals surface area contributed by atoms with Crippen molar-refractivity contribution in [1.29, 1.82) is 0 Å². The molecule has 1 aliphatic carbocycles. The number of rotatable bonds is 4. The summed E-state index contributed by atoms with van der Waals surface area (Å²) in [7, 11) is -1.95. The van der Waals surface area contributed by atoms with Gasteiger partial charge in [-0.3, -0.25) is 4.79 Å². The van der Waals surface area contributed by atoms with E-state index in [1.807, 2.05) is 0 Å². The Kier molecular flexibility index (Phi) is 4.01. The zero-order chi connectivity index (χ0) is 19.4. The van der Waals surface area contributed by atoms with Crippen LogP contribution in [0.3, 0.4) is 0 Å². The predicted molar refractivity (Wildman–Crippen MR) is 100 cm³/mol. The molecule has 4 rings (SSSR count). The van der Waals surface area contributed by atoms with Crippen LogP contribution in [-0.4, -0.2) is 37.3 Å². The van der Waals surface area contributed by atoms with E-state index in [0.717, 1.165) is 17.4 Å². The Morgan fingerprint density at radius 1 is 1.37 bits per heavy atom. The van der Waals surface area contributed by atoms with Crippen LogP contribution in [0.4, 0.5) is 0 Å². The Labute approximate surface area is 156 Å². The fourth-order valence-electron chi connectivity index (χ4n) is 3.88. The number of amides is 1. The van der Waals surface area contributed by atoms with Crippen LogP contribution in [0.5, 0.6) is 5.88 Å². The lowest BCUT2D eigenvalue weighted by atomic mass is 9.75. The van der Waals surface area contributed by atoms with Gasteiger partial charge in [-0.05, 0) is 36.5 Å². The fourth-order valence-corrected chi connectivity index (χ4v) is 5.20. The van der Waals surface area contributed by atoms with Gasteiger partial charge in [0.25, 0.3) is 5.91 Å². The maximum absolute atomic E-state index is 12.1. The molecule has 0 bridgehead atoms. The second-order valence-electron chi connectivity index (χ2n) is 7.16. The third kappa shape index (κ3) is 2.89. The maximum Gasteiger partial charge on any atom is 0.254 e. The molecular formula is C19H20N2O5S. The molecule has 1 amide bonds. The van der Waals surface area contributed by atoms with Crippen LogP contribution < -0.4 is 10.5 Å². The van der Waals surface area contributed by atoms with Crippen LogP contribution in [0.25, 0.3) is 10.9 Å². The molecule has 1 aliphatic heterocycles. The number of pyridine rings is 1. The molecule has 0 spiro atoms. The van der Waals surface area contributed by atoms with Gasteiger partial charge < -0.3 is 15.6 Å². The van der Waals surface area contributed by atoms with E-state index >= 15 is 0 Å². The first kappa shape index (κ1) is 17.9. The van der Waals surface area contributed by atoms with Gasteiger partial charge in [0.2, 0.25) is 5.88 Å². The first-order valence-corrected chi connectivity index (χ1v) is 10.4. The monoisotopic (exact) mass is 388 g/mol. The van der Waals surface area contributed by atoms with Crippen molar-refractivity contribution in [2.24, 2.45) is 5.73 Å². The maximum atomic E-state index is 12.1. The highest BCUT2D eigenvalue weighted by molar-refractivity contribution is 7.94. The molecule has 27 heavy (non-hydrogen) atoms. The number of aliphatic hydroxyl groups is 1. The summed E-state index contributed by atoms with van der Waals surface area (Å²) in [6, 6.07) is 5.35. The normalized spacial score (nSPS) is 22.5. The molecule has 142 valence electrons. The average Bonchev–Trinajstić information content (AvgIpc) is 2.96. The van der Waals surface area contributed by atoms with Crippen molar-refractivity contribution >= 4 is 26.6 Å². The number of sulfone groups is 1. The summed E-state index contributed by atoms with van der Waals surface area (Å²) in [6.07, 6.45) is 3.89. The summed E-state index contributed by atoms with van der Waals surface area (Å²) >= 11 is 0. The van der Waals surface area contributed by atoms with Crippen molar-refractivity contribution in [2.45, 2.75) is 30.8 Å². The predicted octanol–water partition coefficient (Wildman–Crippen LogP) is 1.74. The third-order valence-electron chi connectivity index (χ3n) is 5.45. The molecule has 1 atom stereocenters. The van der Waals surface area contributed by atoms with Crippen molar-refractivity contribution in [3.8, 4) is 5.88 Å². The number of fused-ring (bicyclic) bond motifs is 1. The number of carbonyl (C=O) groups is 1. The number of ether oxygens (including phenoxy) is 1. The molecular weight excluding hydrogens is 368 g/mol. The van der Waals surface area contributed by atoms with E-state index in [1.54, 1.807) is 24.3 Å². The smallest absolute Gasteiger partial charge is 0.254 e. The SMILES string of the molecule is COc1nc2cc(C3(O)CCC3)ccc2c(C2C=CS(=O)(=O)C2)c1C(N)=O. The van der Waals surface area contributed by atoms with Gasteiger partial charge in [-0.25, -0.2) is 13.4 Å². The third-order valence-corrected chi connectivity index (χ3v) is 6.85. The van der Waals surface area contributed by atoms with Crippen molar-refractivity contribution in [1.82, 2.24) is 4.98 Å². The minimum Gasteiger partial charge on any atom is -0.480 e. The van der Waals surface area contributed by atoms with E-state index in [2.05, 4.69) is 4.98 Å². The Bertz CT molecular complexity index is 1090. The molecule has 1 saturated carbocycles. The van der Waals surface area contributed by atoms with E-state index in [1.165, 1.54) is 7.11 Å². The quantitative estimate of drug-likeness (QED) is 0.823. The molecule has 1 fully saturated rings. The molecule has 2 aliphatic rings. The summed E-state index contributed by atoms with van der Waals surface area (Å²) in [5.41, 5.74) is 6.58. The summed E-state index contributed by atoms with van der Waals surface area (Å²) in [5.74, 6) is -1.33. The van der Waals surface area contributed by atoms with Gasteiger partial charge in [-0.15, -0.1) is 0 Å². The second-order valence-corrected chi connectivity index (χ2v) is 9.09. The number of hydrogen-bond donors (Lipinski definition) is 2. The van der Waals surface area contributed by atoms with Crippen LogP contribution in [0, 0.1) is 0 Å². The molecule has 1 unspecified atom stereocenters. The number of benzene rings is 1. The number of hydrogen-bond acceptors (Lipinski definition) is 6. The standard InChI is InChI=1S/C19H20N2O5S/c1-26-18-16(17(20)22)15(11-5-8-27(24,25)10-11)13-4-3-12(9-14(13)21-18)19(23)6-2-7-19/h3-5,8-9,11,23H,2,6-7,10H2,1H3,(H2,20,22). The van der Waals surface area contributed by atoms with Crippen LogP contribution in [0.15, 0.2) is 29.7 Å². The van der Waals surface area contributed by atoms with Crippen molar-refractivity contribution in [3.63, 3.8) is 0 Å². The molecule has 1 aromatic carbocycles. The zero-order valence-electron chi connectivity index (χ0n) is 14.8. The number of carbonyl (C=O) groups excluding carboxylic acids is 1. The lowest BCUT2D eigenvalue weighted by Crippen LogP contribution is -2.33. The second kappa shape index (κ2) is 6.03. The lowest BCUT2D eigenvalue weighted by Gasteiger charge is -2.37. The highest BCUT2D eigenvalue weighted by Gasteiger charge is 2.37. The molecule has 2 heterocycles. The Morgan fingerprint density at radius 3 is 2.63 bits per heavy atom. The Morgan fingerprint density at radius 2 is 2.11 bits per heavy atom. The molecule has 0 radical (unpaired) electrons. The Hall–Kier alpha value is -2.45. The number of nitrogens with zero attached hydrogens (tertiary/aromatic N) is 1. The Balaban J connectivity index is 1.98. The van der Waals surface area contributed by atoms with Crippen molar-refractivity contribution in [3.05, 3.63) is 46.4 Å². The van der Waals surface area contributed by atoms with Crippen LogP contribution in [0.1, 0.15) is 46.7 Å². The van der Waals surface area contributed by atoms with Gasteiger partial charge in [0.05, 0.1) is 24.0 Å². The average molecular weight is 388 g/mol. The number of nitrogens with two attached hydrogens (primary N) is 1. The lowest BCUT2D eigenvalue weighted by molar-refractivity contribution is -0.0387. The first-order chi connectivity index (χ1) is 12.7. The van der Waals surface area contributed by atoms with Gasteiger partial charge in [-0.2, -0.15) is 0 Å². The van der Waals surface area contributed by atoms with Gasteiger partial charge in [0, 0.05) is 16.7 Å². The highest BCUT2D eigenvalue weighted by atomic mass is 32.2. The highest BCUT2D eigenvalue weighted by Crippen LogP contribution is 2.43. The van der Waals surface area contributed by atoms with E-state index in [-0.39, 0.29) is 17.2 Å². The summed E-state index contributed by atoms with van der Waals surface area (Å²) in [4.78, 5) is 16.5. The molecule has 2 aromatic rings. The number of methoxy groups -OCH3 is 1. The number of primary amides is 1. The van der Waals surface area contributed by atoms with Crippen molar-refractivity contribution < 1.29 is 23.1 Å². The zero-order valence-corrected chi connectivity index (χ0v) is 15.6. The number of aromatic nitrogens is 1. The van der Waals surface area contributed by atoms with Crippen LogP contribution in [-0.2, 0) is 15.4 Å². The van der Waals surface area contributed by atoms with E-state index in [0.29, 0.717) is 29.3 Å². The van der Waals surface area contributed by atoms with Gasteiger partial charge in [0.15, 0.2) is 9.84 Å². The van der Waals surface area contributed by atoms with Crippen LogP contribution >= 0.6 is 0 Å². The minimum atomic E-state index is -3.33. The van der Waals surface area contributed by atoms with E-state index in [4.69, 9.17) is 10.5 Å². The summed E-state index contributed by atoms with van der Waals surface area (Å²) < 4.78 is 29.2. The number of allylic oxidation sites excluding steroid dienone is 1. The summed E-state index contributed by atoms with van der Waals surface area (Å²) in [5, 5.41) is 12.4. The minimum absolute atomic E-state index is 0.0560. The fraction of sp³-hybridized carbons (Fsp3) is 0.368. The van der Waals surface area contributed by atoms with Crippen LogP contribution in [0.2, 0.25) is 0 Å². The van der Waals surface area contributed by atoms with Gasteiger partial charge in [0.1, 0.15) is 5.56 Å². The van der Waals surface area contributed by atoms with E-state index in [9.17, 15) is 18.3 Å². The van der Waals surface area contributed by atoms with Crippen molar-refractivity contribution in [2.75, 3.05) is 12.9 Å². The van der Waals surface area contributed by atoms with Gasteiger partial charge >= 0.3 is 0 Å².